The summed E-state index contributed by atoms with van der Waals surface area (Å²) in [5, 5.41) is 0. The van der Waals surface area contributed by atoms with Gasteiger partial charge in [-0.15, -0.1) is 0 Å². The van der Waals surface area contributed by atoms with E-state index < -0.39 is 0 Å². The van der Waals surface area contributed by atoms with Gasteiger partial charge in [0.05, 0.1) is 6.20 Å². The Morgan fingerprint density at radius 3 is 2.06 bits per heavy atom. The average molecular weight is 213 g/mol. The second-order valence-corrected chi connectivity index (χ2v) is 2.93. The summed E-state index contributed by atoms with van der Waals surface area (Å²) in [5.74, 6) is 0. The van der Waals surface area contributed by atoms with Gasteiger partial charge in [0.15, 0.2) is 0 Å². The second-order valence-electron chi connectivity index (χ2n) is 2.93. The van der Waals surface area contributed by atoms with E-state index >= 15 is 0 Å². The maximum absolute atomic E-state index is 5.03. The van der Waals surface area contributed by atoms with E-state index in [2.05, 4.69) is 9.97 Å². The lowest BCUT2D eigenvalue weighted by atomic mass is 10.5. The summed E-state index contributed by atoms with van der Waals surface area (Å²) in [4.78, 5) is 7.74. The van der Waals surface area contributed by atoms with Crippen LogP contribution < -0.4 is 0 Å². The summed E-state index contributed by atoms with van der Waals surface area (Å²) in [7, 11) is 0. The Hall–Kier alpha value is -2.36. The van der Waals surface area contributed by atoms with Crippen LogP contribution in [0.3, 0.4) is 0 Å². The minimum atomic E-state index is 0.602. The average Bonchev–Trinajstić information content (AvgIpc) is 3.05. The molecule has 0 saturated heterocycles. The van der Waals surface area contributed by atoms with Crippen LogP contribution in [0.15, 0.2) is 72.0 Å². The molecule has 3 rings (SSSR count). The van der Waals surface area contributed by atoms with Crippen LogP contribution in [-0.2, 0) is 0 Å². The van der Waals surface area contributed by atoms with Crippen LogP contribution in [0.2, 0.25) is 0 Å². The topological polar surface area (TPSA) is 43.9 Å². The summed E-state index contributed by atoms with van der Waals surface area (Å²) in [6.45, 7) is 0. The molecule has 3 aromatic rings. The zero-order valence-electron chi connectivity index (χ0n) is 8.60. The minimum absolute atomic E-state index is 0.602. The zero-order chi connectivity index (χ0) is 11.1. The molecule has 3 heterocycles. The standard InChI is InChI=1S/C7H6N2O.C5H5N/c1-2-5-9(4-1)7-8-3-6-10-7;1-2-4-6-5-3-1/h1-6H;1-5H. The molecular weight excluding hydrogens is 202 g/mol. The van der Waals surface area contributed by atoms with Crippen molar-refractivity contribution in [3.05, 3.63) is 67.6 Å². The van der Waals surface area contributed by atoms with Crippen LogP contribution in [0.4, 0.5) is 0 Å². The van der Waals surface area contributed by atoms with Crippen molar-refractivity contribution in [1.82, 2.24) is 14.5 Å². The number of aromatic nitrogens is 3. The highest BCUT2D eigenvalue weighted by Crippen LogP contribution is 2.02. The van der Waals surface area contributed by atoms with Crippen molar-refractivity contribution in [2.45, 2.75) is 0 Å². The molecule has 0 fully saturated rings. The predicted molar refractivity (Wildman–Crippen MR) is 60.1 cm³/mol. The molecule has 0 aliphatic carbocycles. The number of hydrogen-bond acceptors (Lipinski definition) is 3. The molecule has 0 radical (unpaired) electrons. The maximum atomic E-state index is 5.03. The van der Waals surface area contributed by atoms with Gasteiger partial charge < -0.3 is 4.42 Å². The first-order chi connectivity index (χ1) is 7.97. The Morgan fingerprint density at radius 1 is 0.875 bits per heavy atom. The van der Waals surface area contributed by atoms with Gasteiger partial charge in [-0.25, -0.2) is 4.98 Å². The third-order valence-corrected chi connectivity index (χ3v) is 1.81. The van der Waals surface area contributed by atoms with Gasteiger partial charge in [0, 0.05) is 24.8 Å². The maximum Gasteiger partial charge on any atom is 0.305 e. The summed E-state index contributed by atoms with van der Waals surface area (Å²) in [6.07, 6.45) is 10.4. The van der Waals surface area contributed by atoms with Crippen LogP contribution in [0.25, 0.3) is 6.01 Å². The third kappa shape index (κ3) is 2.81. The lowest BCUT2D eigenvalue weighted by molar-refractivity contribution is 0.528. The third-order valence-electron chi connectivity index (χ3n) is 1.81. The van der Waals surface area contributed by atoms with Crippen LogP contribution in [0.1, 0.15) is 0 Å². The van der Waals surface area contributed by atoms with Crippen molar-refractivity contribution in [3.8, 4) is 6.01 Å². The van der Waals surface area contributed by atoms with Crippen LogP contribution >= 0.6 is 0 Å². The van der Waals surface area contributed by atoms with Crippen LogP contribution in [0, 0.1) is 0 Å². The normalized spacial score (nSPS) is 9.25. The molecule has 3 aromatic heterocycles. The monoisotopic (exact) mass is 213 g/mol. The van der Waals surface area contributed by atoms with Gasteiger partial charge in [-0.2, -0.15) is 0 Å². The second kappa shape index (κ2) is 5.50. The fraction of sp³-hybridized carbons (Fsp3) is 0. The minimum Gasteiger partial charge on any atom is -0.432 e. The molecule has 0 aliphatic heterocycles. The molecule has 80 valence electrons. The first-order valence-electron chi connectivity index (χ1n) is 4.84. The molecule has 16 heavy (non-hydrogen) atoms. The van der Waals surface area contributed by atoms with E-state index in [0.717, 1.165) is 0 Å². The highest BCUT2D eigenvalue weighted by Gasteiger charge is 1.95. The Morgan fingerprint density at radius 2 is 1.62 bits per heavy atom. The van der Waals surface area contributed by atoms with Crippen molar-refractivity contribution in [2.24, 2.45) is 0 Å². The molecular formula is C12H11N3O. The highest BCUT2D eigenvalue weighted by atomic mass is 16.4. The lowest BCUT2D eigenvalue weighted by Crippen LogP contribution is -1.87. The molecule has 0 saturated carbocycles. The first kappa shape index (κ1) is 10.2. The largest absolute Gasteiger partial charge is 0.432 e. The van der Waals surface area contributed by atoms with Crippen LogP contribution in [-0.4, -0.2) is 14.5 Å². The van der Waals surface area contributed by atoms with E-state index in [9.17, 15) is 0 Å². The van der Waals surface area contributed by atoms with E-state index in [0.29, 0.717) is 6.01 Å². The fourth-order valence-electron chi connectivity index (χ4n) is 1.12. The summed E-state index contributed by atoms with van der Waals surface area (Å²) >= 11 is 0. The smallest absolute Gasteiger partial charge is 0.305 e. The highest BCUT2D eigenvalue weighted by molar-refractivity contribution is 5.08. The summed E-state index contributed by atoms with van der Waals surface area (Å²) in [5.41, 5.74) is 0. The molecule has 4 heteroatoms. The Kier molecular flexibility index (Phi) is 3.50. The summed E-state index contributed by atoms with van der Waals surface area (Å²) in [6, 6.07) is 10.2. The van der Waals surface area contributed by atoms with Crippen molar-refractivity contribution in [3.63, 3.8) is 0 Å². The van der Waals surface area contributed by atoms with E-state index in [1.807, 2.05) is 42.7 Å². The molecule has 0 unspecified atom stereocenters. The Labute approximate surface area is 93.2 Å². The number of pyridine rings is 1. The molecule has 0 aromatic carbocycles. The molecule has 0 amide bonds. The number of rotatable bonds is 1. The van der Waals surface area contributed by atoms with E-state index in [1.54, 1.807) is 29.4 Å². The number of oxazole rings is 1. The molecule has 0 spiro atoms. The van der Waals surface area contributed by atoms with E-state index in [4.69, 9.17) is 4.42 Å². The van der Waals surface area contributed by atoms with Gasteiger partial charge in [-0.3, -0.25) is 9.55 Å². The van der Waals surface area contributed by atoms with Gasteiger partial charge in [0.25, 0.3) is 0 Å². The Bertz CT molecular complexity index is 415. The van der Waals surface area contributed by atoms with Crippen molar-refractivity contribution < 1.29 is 4.42 Å². The van der Waals surface area contributed by atoms with Gasteiger partial charge in [-0.1, -0.05) is 6.07 Å². The quantitative estimate of drug-likeness (QED) is 0.624. The molecule has 0 N–H and O–H groups in total. The zero-order valence-corrected chi connectivity index (χ0v) is 8.60. The van der Waals surface area contributed by atoms with Gasteiger partial charge >= 0.3 is 6.01 Å². The van der Waals surface area contributed by atoms with Crippen molar-refractivity contribution in [2.75, 3.05) is 0 Å². The van der Waals surface area contributed by atoms with E-state index in [-0.39, 0.29) is 0 Å². The number of nitrogens with zero attached hydrogens (tertiary/aromatic N) is 3. The fourth-order valence-corrected chi connectivity index (χ4v) is 1.12. The first-order valence-corrected chi connectivity index (χ1v) is 4.84. The summed E-state index contributed by atoms with van der Waals surface area (Å²) < 4.78 is 6.84. The lowest BCUT2D eigenvalue weighted by Gasteiger charge is -1.90. The molecule has 0 bridgehead atoms. The Balaban J connectivity index is 0.000000138. The SMILES string of the molecule is c1ccn(-c2ncco2)c1.c1ccncc1. The molecule has 0 aliphatic rings. The van der Waals surface area contributed by atoms with E-state index in [1.165, 1.54) is 0 Å². The molecule has 4 nitrogen and oxygen atoms in total. The predicted octanol–water partition coefficient (Wildman–Crippen LogP) is 2.55. The number of hydrogen-bond donors (Lipinski definition) is 0. The van der Waals surface area contributed by atoms with Gasteiger partial charge in [0.2, 0.25) is 0 Å². The molecule has 0 atom stereocenters. The van der Waals surface area contributed by atoms with Crippen LogP contribution in [0.5, 0.6) is 0 Å². The van der Waals surface area contributed by atoms with Gasteiger partial charge in [0.1, 0.15) is 6.26 Å². The van der Waals surface area contributed by atoms with Gasteiger partial charge in [-0.05, 0) is 24.3 Å². The van der Waals surface area contributed by atoms with Crippen molar-refractivity contribution in [1.29, 1.82) is 0 Å². The van der Waals surface area contributed by atoms with Crippen molar-refractivity contribution >= 4 is 0 Å².